The van der Waals surface area contributed by atoms with Crippen LogP contribution in [-0.2, 0) is 6.54 Å². The molecule has 5 rings (SSSR count). The van der Waals surface area contributed by atoms with Gasteiger partial charge in [-0.3, -0.25) is 0 Å². The highest BCUT2D eigenvalue weighted by molar-refractivity contribution is 8.03. The van der Waals surface area contributed by atoms with E-state index in [1.165, 1.54) is 89.9 Å². The normalized spacial score (nSPS) is 14.5. The summed E-state index contributed by atoms with van der Waals surface area (Å²) in [7, 11) is 0. The van der Waals surface area contributed by atoms with Crippen LogP contribution in [0.2, 0.25) is 0 Å². The summed E-state index contributed by atoms with van der Waals surface area (Å²) < 4.78 is 3.83. The number of fused-ring (bicyclic) bond motifs is 2. The molecule has 0 amide bonds. The highest BCUT2D eigenvalue weighted by Crippen LogP contribution is 2.46. The second-order valence-electron chi connectivity index (χ2n) is 12.5. The molecule has 2 nitrogen and oxygen atoms in total. The number of benzene rings is 2. The van der Waals surface area contributed by atoms with Crippen LogP contribution in [0, 0.1) is 0 Å². The first kappa shape index (κ1) is 38.5. The smallest absolute Gasteiger partial charge is 0.262 e. The van der Waals surface area contributed by atoms with Gasteiger partial charge in [-0.2, -0.15) is 4.57 Å². The van der Waals surface area contributed by atoms with Crippen molar-refractivity contribution in [2.24, 2.45) is 0 Å². The number of anilines is 1. The summed E-state index contributed by atoms with van der Waals surface area (Å²) in [5.41, 5.74) is 31.6. The molecule has 0 spiro atoms. The number of hydrogen-bond acceptors (Lipinski definition) is 3. The van der Waals surface area contributed by atoms with Crippen LogP contribution in [0.15, 0.2) is 163 Å². The lowest BCUT2D eigenvalue weighted by Crippen LogP contribution is -2.35. The molecule has 1 aliphatic heterocycles. The Morgan fingerprint density at radius 3 is 2.23 bits per heavy atom. The minimum absolute atomic E-state index is 0. The van der Waals surface area contributed by atoms with Crippen LogP contribution in [0.25, 0.3) is 16.3 Å². The molecule has 0 saturated heterocycles. The Morgan fingerprint density at radius 1 is 0.788 bits per heavy atom. The molecule has 0 unspecified atom stereocenters. The van der Waals surface area contributed by atoms with Gasteiger partial charge in [0.1, 0.15) is 4.70 Å². The van der Waals surface area contributed by atoms with Gasteiger partial charge in [0.15, 0.2) is 6.54 Å². The van der Waals surface area contributed by atoms with Crippen LogP contribution >= 0.6 is 34.7 Å². The summed E-state index contributed by atoms with van der Waals surface area (Å²) in [6.45, 7) is 6.73. The highest BCUT2D eigenvalue weighted by Gasteiger charge is 2.24. The molecule has 0 bridgehead atoms. The second kappa shape index (κ2) is 21.6. The summed E-state index contributed by atoms with van der Waals surface area (Å²) in [6, 6.07) is 17.1. The SMILES string of the molecule is C=C=C=C=C=C=C=C=C=C=C=CN1C(=CC=C2CCC(C=Cc3sc4ccccc4[n+]3CCCCCCCCCCCC)=C2Cl)Sc2ccccc21.[HH].[HH].[HH].[HH].[HH].[HH].[HH].[HH].[HH].[HH].[HH].[HH]. The first-order valence-electron chi connectivity index (χ1n) is 18.3. The van der Waals surface area contributed by atoms with Gasteiger partial charge in [-0.15, -0.1) is 0 Å². The van der Waals surface area contributed by atoms with E-state index >= 15 is 0 Å². The third kappa shape index (κ3) is 11.4. The molecule has 0 N–H and O–H groups in total. The van der Waals surface area contributed by atoms with Crippen LogP contribution in [0.1, 0.15) is 106 Å². The van der Waals surface area contributed by atoms with Crippen molar-refractivity contribution >= 4 is 56.7 Å². The molecule has 1 aliphatic carbocycles. The zero-order valence-corrected chi connectivity index (χ0v) is 32.4. The lowest BCUT2D eigenvalue weighted by Gasteiger charge is -2.13. The second-order valence-corrected chi connectivity index (χ2v) is 15.0. The third-order valence-corrected chi connectivity index (χ3v) is 11.5. The molecule has 3 aromatic rings. The molecular formula is C47H68ClN2S2+. The monoisotopic (exact) mass is 759 g/mol. The van der Waals surface area contributed by atoms with Gasteiger partial charge in [-0.25, -0.2) is 0 Å². The predicted octanol–water partition coefficient (Wildman–Crippen LogP) is 16.4. The van der Waals surface area contributed by atoms with Crippen molar-refractivity contribution in [1.82, 2.24) is 0 Å². The fraction of sp³-hybridized carbons (Fsp3) is 0.298. The largest absolute Gasteiger partial charge is 0.302 e. The Balaban J connectivity index is -0.000000436. The van der Waals surface area contributed by atoms with Gasteiger partial charge in [-0.1, -0.05) is 135 Å². The number of halogens is 1. The minimum Gasteiger partial charge on any atom is -0.302 e. The number of thiazole rings is 1. The number of aromatic nitrogens is 1. The van der Waals surface area contributed by atoms with Gasteiger partial charge in [0.05, 0.1) is 16.9 Å². The Hall–Kier alpha value is -4.73. The van der Waals surface area contributed by atoms with E-state index in [-0.39, 0.29) is 17.1 Å². The number of unbranched alkanes of at least 4 members (excludes halogenated alkanes) is 9. The van der Waals surface area contributed by atoms with Crippen molar-refractivity contribution in [2.45, 2.75) is 95.4 Å². The van der Waals surface area contributed by atoms with Gasteiger partial charge in [0.2, 0.25) is 5.52 Å². The number of aryl methyl sites for hydroxylation is 1. The Labute approximate surface area is 340 Å². The van der Waals surface area contributed by atoms with Crippen molar-refractivity contribution in [2.75, 3.05) is 4.90 Å². The van der Waals surface area contributed by atoms with Crippen molar-refractivity contribution in [1.29, 1.82) is 0 Å². The zero-order valence-electron chi connectivity index (χ0n) is 30.0. The first-order valence-corrected chi connectivity index (χ1v) is 20.3. The van der Waals surface area contributed by atoms with Crippen LogP contribution < -0.4 is 9.47 Å². The van der Waals surface area contributed by atoms with Gasteiger partial charge >= 0.3 is 0 Å². The fourth-order valence-electron chi connectivity index (χ4n) is 6.15. The summed E-state index contributed by atoms with van der Waals surface area (Å²) in [5, 5.41) is 3.20. The average molecular weight is 761 g/mol. The van der Waals surface area contributed by atoms with Crippen molar-refractivity contribution in [3.8, 4) is 0 Å². The quantitative estimate of drug-likeness (QED) is 0.0865. The van der Waals surface area contributed by atoms with E-state index in [4.69, 9.17) is 11.6 Å². The highest BCUT2D eigenvalue weighted by atomic mass is 35.5. The minimum atomic E-state index is 0. The number of para-hydroxylation sites is 2. The maximum absolute atomic E-state index is 7.03. The number of rotatable bonds is 15. The Morgan fingerprint density at radius 2 is 1.46 bits per heavy atom. The van der Waals surface area contributed by atoms with E-state index in [1.807, 2.05) is 23.6 Å². The summed E-state index contributed by atoms with van der Waals surface area (Å²) in [5.74, 6) is 0. The van der Waals surface area contributed by atoms with E-state index in [0.29, 0.717) is 0 Å². The van der Waals surface area contributed by atoms with Gasteiger partial charge in [0, 0.05) is 45.6 Å². The van der Waals surface area contributed by atoms with Crippen LogP contribution in [0.3, 0.4) is 0 Å². The lowest BCUT2D eigenvalue weighted by molar-refractivity contribution is -0.669. The molecule has 52 heavy (non-hydrogen) atoms. The average Bonchev–Trinajstić information content (AvgIpc) is 3.83. The van der Waals surface area contributed by atoms with E-state index in [1.54, 1.807) is 11.8 Å². The first-order chi connectivity index (χ1) is 25.7. The van der Waals surface area contributed by atoms with E-state index in [0.717, 1.165) is 40.7 Å². The number of thioether (sulfide) groups is 1. The molecule has 0 atom stereocenters. The molecular weight excluding hydrogens is 692 g/mol. The Kier molecular flexibility index (Phi) is 16.0. The molecule has 0 radical (unpaired) electrons. The number of nitrogens with zero attached hydrogens (tertiary/aromatic N) is 2. The summed E-state index contributed by atoms with van der Waals surface area (Å²) >= 11 is 10.6. The standard InChI is InChI=1S/C47H44ClN2S2.12H2/c1-3-5-7-9-11-13-15-17-19-25-37-49-41-27-21-23-29-43(41)51-45(49)35-33-39-31-32-40(47(39)48)34-36-46-50(42-28-22-24-30-44(42)52-46)38-26-20-18-16-14-12-10-8-6-4-2;;;;;;;;;;;;/h21-24,27-30,33-37H,1,4,6,8,10,12,14,16,18,20,26,31-32,38H2,2H3;12*1H/q+1;;;;;;;;;;;;. The molecule has 0 saturated carbocycles. The van der Waals surface area contributed by atoms with E-state index < -0.39 is 0 Å². The van der Waals surface area contributed by atoms with Gasteiger partial charge < -0.3 is 4.90 Å². The number of hydrogen-bond donors (Lipinski definition) is 0. The molecule has 284 valence electrons. The molecule has 2 aliphatic rings. The Bertz CT molecular complexity index is 2310. The molecule has 5 heteroatoms. The third-order valence-electron chi connectivity index (χ3n) is 8.82. The van der Waals surface area contributed by atoms with Crippen molar-refractivity contribution in [3.63, 3.8) is 0 Å². The molecule has 1 aromatic heterocycles. The molecule has 2 aromatic carbocycles. The van der Waals surface area contributed by atoms with Crippen LogP contribution in [-0.4, -0.2) is 0 Å². The van der Waals surface area contributed by atoms with Gasteiger partial charge in [0.25, 0.3) is 5.01 Å². The molecule has 0 fully saturated rings. The maximum Gasteiger partial charge on any atom is 0.262 e. The number of allylic oxidation sites excluding steroid dienone is 6. The van der Waals surface area contributed by atoms with Gasteiger partial charge in [-0.05, 0) is 113 Å². The van der Waals surface area contributed by atoms with E-state index in [9.17, 15) is 0 Å². The predicted molar refractivity (Wildman–Crippen MR) is 247 cm³/mol. The lowest BCUT2D eigenvalue weighted by atomic mass is 10.1. The van der Waals surface area contributed by atoms with Crippen LogP contribution in [0.5, 0.6) is 0 Å². The zero-order chi connectivity index (χ0) is 36.2. The summed E-state index contributed by atoms with van der Waals surface area (Å²) in [6.07, 6.45) is 26.0. The topological polar surface area (TPSA) is 7.12 Å². The fourth-order valence-corrected chi connectivity index (χ4v) is 8.59. The van der Waals surface area contributed by atoms with Crippen molar-refractivity contribution in [3.05, 3.63) is 163 Å². The summed E-state index contributed by atoms with van der Waals surface area (Å²) in [4.78, 5) is 3.28. The molecule has 2 heterocycles. The maximum atomic E-state index is 7.03. The van der Waals surface area contributed by atoms with Crippen LogP contribution in [0.4, 0.5) is 5.69 Å². The van der Waals surface area contributed by atoms with E-state index in [2.05, 4.69) is 147 Å². The van der Waals surface area contributed by atoms with Crippen molar-refractivity contribution < 1.29 is 21.7 Å².